The monoisotopic (exact) mass is 486 g/mol. The zero-order chi connectivity index (χ0) is 18.8. The zero-order valence-electron chi connectivity index (χ0n) is 14.4. The molecule has 3 aromatic carbocycles. The molecule has 0 spiro atoms. The fraction of sp³-hybridized carbons (Fsp3) is 0.143. The predicted molar refractivity (Wildman–Crippen MR) is 114 cm³/mol. The average molecular weight is 488 g/mol. The highest BCUT2D eigenvalue weighted by Gasteiger charge is 2.24. The third kappa shape index (κ3) is 3.92. The Hall–Kier alpha value is -2.18. The van der Waals surface area contributed by atoms with Gasteiger partial charge in [0, 0.05) is 4.47 Å². The summed E-state index contributed by atoms with van der Waals surface area (Å²) in [6.07, 6.45) is 0.332. The van der Waals surface area contributed by atoms with Gasteiger partial charge < -0.3 is 4.74 Å². The van der Waals surface area contributed by atoms with Gasteiger partial charge in [-0.2, -0.15) is 5.10 Å². The molecule has 0 aliphatic carbocycles. The quantitative estimate of drug-likeness (QED) is 0.484. The molecule has 1 heterocycles. The van der Waals surface area contributed by atoms with E-state index < -0.39 is 0 Å². The largest absolute Gasteiger partial charge is 0.490 e. The van der Waals surface area contributed by atoms with Crippen LogP contribution in [0.5, 0.6) is 5.75 Å². The number of rotatable bonds is 5. The van der Waals surface area contributed by atoms with Crippen LogP contribution in [0.25, 0.3) is 10.8 Å². The first-order valence-corrected chi connectivity index (χ1v) is 10.1. The number of nitrogens with zero attached hydrogens (tertiary/aromatic N) is 2. The van der Waals surface area contributed by atoms with Crippen LogP contribution in [0.2, 0.25) is 0 Å². The summed E-state index contributed by atoms with van der Waals surface area (Å²) in [6.45, 7) is 0.790. The van der Waals surface area contributed by atoms with Gasteiger partial charge in [-0.1, -0.05) is 58.4 Å². The van der Waals surface area contributed by atoms with E-state index in [1.807, 2.05) is 54.6 Å². The number of hydrazone groups is 1. The van der Waals surface area contributed by atoms with E-state index in [1.165, 1.54) is 5.01 Å². The lowest BCUT2D eigenvalue weighted by Crippen LogP contribution is -2.26. The van der Waals surface area contributed by atoms with E-state index in [1.54, 1.807) is 0 Å². The van der Waals surface area contributed by atoms with Crippen molar-refractivity contribution in [1.82, 2.24) is 5.01 Å². The normalized spacial score (nSPS) is 13.9. The number of amides is 1. The second-order valence-corrected chi connectivity index (χ2v) is 7.91. The van der Waals surface area contributed by atoms with E-state index in [-0.39, 0.29) is 5.91 Å². The molecule has 0 saturated heterocycles. The Bertz CT molecular complexity index is 1040. The summed E-state index contributed by atoms with van der Waals surface area (Å²) in [7, 11) is 0. The molecule has 0 saturated carbocycles. The fourth-order valence-corrected chi connectivity index (χ4v) is 4.02. The van der Waals surface area contributed by atoms with Gasteiger partial charge in [-0.15, -0.1) is 0 Å². The lowest BCUT2D eigenvalue weighted by Gasteiger charge is -2.14. The van der Waals surface area contributed by atoms with Gasteiger partial charge in [-0.05, 0) is 50.5 Å². The van der Waals surface area contributed by atoms with Gasteiger partial charge in [-0.3, -0.25) is 4.79 Å². The van der Waals surface area contributed by atoms with E-state index in [4.69, 9.17) is 4.74 Å². The topological polar surface area (TPSA) is 41.9 Å². The number of carbonyl (C=O) groups is 1. The summed E-state index contributed by atoms with van der Waals surface area (Å²) < 4.78 is 7.85. The molecule has 4 rings (SSSR count). The third-order valence-corrected chi connectivity index (χ3v) is 5.71. The van der Waals surface area contributed by atoms with Crippen molar-refractivity contribution in [2.75, 3.05) is 13.2 Å². The van der Waals surface area contributed by atoms with Gasteiger partial charge in [0.05, 0.1) is 23.1 Å². The van der Waals surface area contributed by atoms with Crippen LogP contribution in [0.1, 0.15) is 12.0 Å². The second-order valence-electron chi connectivity index (χ2n) is 6.20. The molecule has 4 nitrogen and oxygen atoms in total. The molecule has 0 unspecified atom stereocenters. The van der Waals surface area contributed by atoms with Crippen LogP contribution in [0.4, 0.5) is 0 Å². The van der Waals surface area contributed by atoms with Gasteiger partial charge in [0.1, 0.15) is 12.4 Å². The molecular formula is C21H16Br2N2O2. The first-order valence-electron chi connectivity index (χ1n) is 8.55. The third-order valence-electron chi connectivity index (χ3n) is 4.40. The van der Waals surface area contributed by atoms with E-state index in [2.05, 4.69) is 43.0 Å². The lowest BCUT2D eigenvalue weighted by molar-refractivity contribution is -0.129. The minimum Gasteiger partial charge on any atom is -0.490 e. The minimum absolute atomic E-state index is 0.000111. The predicted octanol–water partition coefficient (Wildman–Crippen LogP) is 5.38. The molecule has 3 aromatic rings. The van der Waals surface area contributed by atoms with Crippen molar-refractivity contribution in [3.63, 3.8) is 0 Å². The number of ether oxygens (including phenoxy) is 1. The summed E-state index contributed by atoms with van der Waals surface area (Å²) in [5.74, 6) is 0.753. The Morgan fingerprint density at radius 2 is 1.85 bits per heavy atom. The molecular weight excluding hydrogens is 472 g/mol. The van der Waals surface area contributed by atoms with Crippen molar-refractivity contribution in [2.24, 2.45) is 5.10 Å². The van der Waals surface area contributed by atoms with Gasteiger partial charge in [0.2, 0.25) is 5.91 Å². The van der Waals surface area contributed by atoms with E-state index >= 15 is 0 Å². The minimum atomic E-state index is -0.000111. The van der Waals surface area contributed by atoms with Crippen LogP contribution in [0.3, 0.4) is 0 Å². The molecule has 0 radical (unpaired) electrons. The zero-order valence-corrected chi connectivity index (χ0v) is 17.5. The smallest absolute Gasteiger partial charge is 0.248 e. The van der Waals surface area contributed by atoms with Crippen LogP contribution < -0.4 is 4.74 Å². The summed E-state index contributed by atoms with van der Waals surface area (Å²) in [6, 6.07) is 19.8. The molecule has 0 aromatic heterocycles. The fourth-order valence-electron chi connectivity index (χ4n) is 3.03. The first kappa shape index (κ1) is 18.2. The van der Waals surface area contributed by atoms with E-state index in [0.29, 0.717) is 19.6 Å². The van der Waals surface area contributed by atoms with Crippen LogP contribution in [0.15, 0.2) is 74.7 Å². The van der Waals surface area contributed by atoms with Gasteiger partial charge in [-0.25, -0.2) is 5.01 Å². The van der Waals surface area contributed by atoms with Crippen molar-refractivity contribution in [1.29, 1.82) is 0 Å². The standard InChI is InChI=1S/C21H16Br2N2O2/c22-16-7-8-17-15(12-16)6-9-19(21(17)23)27-11-10-25-20(26)13-18(24-25)14-4-2-1-3-5-14/h1-9,12H,10-11,13H2. The Labute approximate surface area is 174 Å². The van der Waals surface area contributed by atoms with Crippen molar-refractivity contribution in [3.05, 3.63) is 75.2 Å². The van der Waals surface area contributed by atoms with E-state index in [9.17, 15) is 4.79 Å². The molecule has 1 aliphatic rings. The molecule has 0 atom stereocenters. The van der Waals surface area contributed by atoms with Crippen molar-refractivity contribution in [3.8, 4) is 5.75 Å². The summed E-state index contributed by atoms with van der Waals surface area (Å²) in [5, 5.41) is 8.15. The molecule has 1 aliphatic heterocycles. The molecule has 136 valence electrons. The van der Waals surface area contributed by atoms with Gasteiger partial charge in [0.25, 0.3) is 0 Å². The van der Waals surface area contributed by atoms with Crippen molar-refractivity contribution >= 4 is 54.3 Å². The molecule has 0 fully saturated rings. The summed E-state index contributed by atoms with van der Waals surface area (Å²) in [5.41, 5.74) is 1.79. The summed E-state index contributed by atoms with van der Waals surface area (Å²) >= 11 is 7.11. The maximum Gasteiger partial charge on any atom is 0.248 e. The maximum atomic E-state index is 12.2. The number of hydrogen-bond donors (Lipinski definition) is 0. The summed E-state index contributed by atoms with van der Waals surface area (Å²) in [4.78, 5) is 12.2. The molecule has 27 heavy (non-hydrogen) atoms. The van der Waals surface area contributed by atoms with Gasteiger partial charge in [0.15, 0.2) is 0 Å². The Balaban J connectivity index is 1.43. The Morgan fingerprint density at radius 3 is 2.67 bits per heavy atom. The van der Waals surface area contributed by atoms with Crippen LogP contribution in [0, 0.1) is 0 Å². The van der Waals surface area contributed by atoms with E-state index in [0.717, 1.165) is 36.7 Å². The Morgan fingerprint density at radius 1 is 1.04 bits per heavy atom. The second kappa shape index (κ2) is 7.82. The SMILES string of the molecule is O=C1CC(c2ccccc2)=NN1CCOc1ccc2cc(Br)ccc2c1Br. The number of benzene rings is 3. The van der Waals surface area contributed by atoms with Crippen molar-refractivity contribution in [2.45, 2.75) is 6.42 Å². The van der Waals surface area contributed by atoms with Crippen molar-refractivity contribution < 1.29 is 9.53 Å². The average Bonchev–Trinajstić information content (AvgIpc) is 3.05. The van der Waals surface area contributed by atoms with Crippen LogP contribution >= 0.6 is 31.9 Å². The Kier molecular flexibility index (Phi) is 5.27. The molecule has 1 amide bonds. The molecule has 0 bridgehead atoms. The highest BCUT2D eigenvalue weighted by Crippen LogP contribution is 2.34. The number of hydrogen-bond acceptors (Lipinski definition) is 3. The lowest BCUT2D eigenvalue weighted by atomic mass is 10.1. The van der Waals surface area contributed by atoms with Crippen LogP contribution in [-0.4, -0.2) is 29.8 Å². The number of halogens is 2. The molecule has 6 heteroatoms. The van der Waals surface area contributed by atoms with Crippen LogP contribution in [-0.2, 0) is 4.79 Å². The number of carbonyl (C=O) groups excluding carboxylic acids is 1. The molecule has 0 N–H and O–H groups in total. The van der Waals surface area contributed by atoms with Gasteiger partial charge >= 0.3 is 0 Å². The highest BCUT2D eigenvalue weighted by molar-refractivity contribution is 9.11. The first-order chi connectivity index (χ1) is 13.1. The maximum absolute atomic E-state index is 12.2. The highest BCUT2D eigenvalue weighted by atomic mass is 79.9. The number of fused-ring (bicyclic) bond motifs is 1.